The van der Waals surface area contributed by atoms with Gasteiger partial charge >= 0.3 is 0 Å². The minimum atomic E-state index is 0. The van der Waals surface area contributed by atoms with Gasteiger partial charge in [-0.25, -0.2) is 4.99 Å². The lowest BCUT2D eigenvalue weighted by Crippen LogP contribution is -2.37. The normalized spacial score (nSPS) is 15.4. The van der Waals surface area contributed by atoms with Gasteiger partial charge in [-0.05, 0) is 31.5 Å². The summed E-state index contributed by atoms with van der Waals surface area (Å²) in [6.07, 6.45) is 0. The summed E-state index contributed by atoms with van der Waals surface area (Å²) in [5.74, 6) is 3.09. The molecule has 0 bridgehead atoms. The molecule has 1 saturated heterocycles. The van der Waals surface area contributed by atoms with Crippen LogP contribution in [-0.2, 0) is 6.54 Å². The molecule has 6 heteroatoms. The number of hydrogen-bond acceptors (Lipinski definition) is 3. The quantitative estimate of drug-likeness (QED) is 0.440. The molecule has 1 aliphatic heterocycles. The monoisotopic (exact) mass is 434 g/mol. The first-order valence-corrected chi connectivity index (χ1v) is 8.86. The Bertz CT molecular complexity index is 454. The smallest absolute Gasteiger partial charge is 0.191 e. The van der Waals surface area contributed by atoms with E-state index in [0.717, 1.165) is 26.2 Å². The van der Waals surface area contributed by atoms with Crippen molar-refractivity contribution in [2.24, 2.45) is 10.7 Å². The van der Waals surface area contributed by atoms with Crippen LogP contribution in [0.1, 0.15) is 19.4 Å². The summed E-state index contributed by atoms with van der Waals surface area (Å²) in [7, 11) is 0. The molecule has 124 valence electrons. The Hall–Kier alpha value is -0.630. The maximum Gasteiger partial charge on any atom is 0.191 e. The molecule has 4 nitrogen and oxygen atoms in total. The minimum absolute atomic E-state index is 0. The molecular weight excluding hydrogens is 407 g/mol. The summed E-state index contributed by atoms with van der Waals surface area (Å²) >= 11 is 2.04. The molecule has 1 fully saturated rings. The lowest BCUT2D eigenvalue weighted by molar-refractivity contribution is 0.458. The van der Waals surface area contributed by atoms with Crippen LogP contribution in [0.25, 0.3) is 0 Å². The number of nitrogens with zero attached hydrogens (tertiary/aromatic N) is 3. The molecule has 2 rings (SSSR count). The summed E-state index contributed by atoms with van der Waals surface area (Å²) in [6, 6.07) is 8.73. The second-order valence-corrected chi connectivity index (χ2v) is 6.34. The zero-order valence-electron chi connectivity index (χ0n) is 13.5. The number of halogens is 1. The molecule has 0 saturated carbocycles. The van der Waals surface area contributed by atoms with Crippen LogP contribution in [0.5, 0.6) is 0 Å². The van der Waals surface area contributed by atoms with E-state index < -0.39 is 0 Å². The number of thioether (sulfide) groups is 1. The first kappa shape index (κ1) is 19.4. The summed E-state index contributed by atoms with van der Waals surface area (Å²) in [6.45, 7) is 8.94. The molecule has 0 unspecified atom stereocenters. The predicted molar refractivity (Wildman–Crippen MR) is 110 cm³/mol. The molecule has 0 amide bonds. The Kier molecular flexibility index (Phi) is 9.00. The highest BCUT2D eigenvalue weighted by atomic mass is 127. The number of rotatable bonds is 5. The Morgan fingerprint density at radius 1 is 1.18 bits per heavy atom. The minimum Gasteiger partial charge on any atom is -0.370 e. The van der Waals surface area contributed by atoms with Crippen LogP contribution in [-0.4, -0.2) is 48.5 Å². The van der Waals surface area contributed by atoms with Crippen molar-refractivity contribution in [2.45, 2.75) is 20.4 Å². The van der Waals surface area contributed by atoms with Gasteiger partial charge in [0.05, 0.1) is 6.54 Å². The number of aliphatic imine (C=N–C) groups is 1. The van der Waals surface area contributed by atoms with E-state index >= 15 is 0 Å². The Labute approximate surface area is 155 Å². The molecule has 22 heavy (non-hydrogen) atoms. The van der Waals surface area contributed by atoms with Gasteiger partial charge in [0.15, 0.2) is 5.96 Å². The van der Waals surface area contributed by atoms with E-state index in [2.05, 4.69) is 52.9 Å². The van der Waals surface area contributed by atoms with Crippen molar-refractivity contribution in [3.63, 3.8) is 0 Å². The molecular formula is C16H27IN4S. The first-order valence-electron chi connectivity index (χ1n) is 7.71. The van der Waals surface area contributed by atoms with Crippen molar-refractivity contribution < 1.29 is 0 Å². The lowest BCUT2D eigenvalue weighted by Gasteiger charge is -2.28. The van der Waals surface area contributed by atoms with E-state index in [9.17, 15) is 0 Å². The third-order valence-electron chi connectivity index (χ3n) is 3.82. The standard InChI is InChI=1S/C16H26N4S.HI/c1-3-19(4-2)16(17)18-13-14-5-7-15(8-6-14)20-9-11-21-12-10-20;/h5-8H,3-4,9-13H2,1-2H3,(H2,17,18);1H. The van der Waals surface area contributed by atoms with Gasteiger partial charge < -0.3 is 15.5 Å². The number of benzene rings is 1. The lowest BCUT2D eigenvalue weighted by atomic mass is 10.2. The van der Waals surface area contributed by atoms with E-state index in [0.29, 0.717) is 12.5 Å². The van der Waals surface area contributed by atoms with E-state index in [4.69, 9.17) is 5.73 Å². The van der Waals surface area contributed by atoms with Crippen molar-refractivity contribution in [2.75, 3.05) is 42.6 Å². The highest BCUT2D eigenvalue weighted by Crippen LogP contribution is 2.20. The van der Waals surface area contributed by atoms with Crippen LogP contribution < -0.4 is 10.6 Å². The second-order valence-electron chi connectivity index (χ2n) is 5.11. The Balaban J connectivity index is 0.00000242. The van der Waals surface area contributed by atoms with Crippen molar-refractivity contribution in [3.8, 4) is 0 Å². The van der Waals surface area contributed by atoms with Crippen molar-refractivity contribution in [3.05, 3.63) is 29.8 Å². The van der Waals surface area contributed by atoms with Crippen LogP contribution in [0.4, 0.5) is 5.69 Å². The molecule has 1 aliphatic rings. The second kappa shape index (κ2) is 10.2. The highest BCUT2D eigenvalue weighted by molar-refractivity contribution is 14.0. The summed E-state index contributed by atoms with van der Waals surface area (Å²) in [4.78, 5) is 9.00. The predicted octanol–water partition coefficient (Wildman–Crippen LogP) is 3.01. The molecule has 0 atom stereocenters. The van der Waals surface area contributed by atoms with Crippen LogP contribution in [0.2, 0.25) is 0 Å². The van der Waals surface area contributed by atoms with Crippen molar-refractivity contribution >= 4 is 47.4 Å². The van der Waals surface area contributed by atoms with Gasteiger partial charge in [-0.3, -0.25) is 0 Å². The third-order valence-corrected chi connectivity index (χ3v) is 4.77. The van der Waals surface area contributed by atoms with E-state index in [1.165, 1.54) is 22.8 Å². The number of hydrogen-bond donors (Lipinski definition) is 1. The molecule has 1 aromatic rings. The Morgan fingerprint density at radius 2 is 1.77 bits per heavy atom. The fourth-order valence-corrected chi connectivity index (χ4v) is 3.36. The van der Waals surface area contributed by atoms with E-state index in [-0.39, 0.29) is 24.0 Å². The fraction of sp³-hybridized carbons (Fsp3) is 0.562. The van der Waals surface area contributed by atoms with Gasteiger partial charge in [-0.2, -0.15) is 11.8 Å². The molecule has 0 aromatic heterocycles. The van der Waals surface area contributed by atoms with Crippen LogP contribution in [0, 0.1) is 0 Å². The average molecular weight is 434 g/mol. The van der Waals surface area contributed by atoms with Crippen molar-refractivity contribution in [1.82, 2.24) is 4.90 Å². The molecule has 0 aliphatic carbocycles. The van der Waals surface area contributed by atoms with Gasteiger partial charge in [-0.15, -0.1) is 24.0 Å². The number of anilines is 1. The van der Waals surface area contributed by atoms with E-state index in [1.54, 1.807) is 0 Å². The van der Waals surface area contributed by atoms with Crippen LogP contribution in [0.3, 0.4) is 0 Å². The van der Waals surface area contributed by atoms with E-state index in [1.807, 2.05) is 11.8 Å². The summed E-state index contributed by atoms with van der Waals surface area (Å²) in [5.41, 5.74) is 8.53. The molecule has 0 spiro atoms. The maximum absolute atomic E-state index is 6.00. The van der Waals surface area contributed by atoms with Gasteiger partial charge in [0, 0.05) is 43.4 Å². The largest absolute Gasteiger partial charge is 0.370 e. The van der Waals surface area contributed by atoms with Gasteiger partial charge in [0.1, 0.15) is 0 Å². The molecule has 0 radical (unpaired) electrons. The third kappa shape index (κ3) is 5.53. The van der Waals surface area contributed by atoms with Crippen LogP contribution >= 0.6 is 35.7 Å². The summed E-state index contributed by atoms with van der Waals surface area (Å²) < 4.78 is 0. The summed E-state index contributed by atoms with van der Waals surface area (Å²) in [5, 5.41) is 0. The van der Waals surface area contributed by atoms with Gasteiger partial charge in [0.25, 0.3) is 0 Å². The highest BCUT2D eigenvalue weighted by Gasteiger charge is 2.10. The average Bonchev–Trinajstić information content (AvgIpc) is 2.55. The van der Waals surface area contributed by atoms with Gasteiger partial charge in [-0.1, -0.05) is 12.1 Å². The number of nitrogens with two attached hydrogens (primary N) is 1. The Morgan fingerprint density at radius 3 is 2.32 bits per heavy atom. The van der Waals surface area contributed by atoms with Crippen LogP contribution in [0.15, 0.2) is 29.3 Å². The zero-order chi connectivity index (χ0) is 15.1. The molecule has 2 N–H and O–H groups in total. The van der Waals surface area contributed by atoms with Gasteiger partial charge in [0.2, 0.25) is 0 Å². The topological polar surface area (TPSA) is 44.9 Å². The molecule has 1 aromatic carbocycles. The zero-order valence-corrected chi connectivity index (χ0v) is 16.6. The molecule has 1 heterocycles. The van der Waals surface area contributed by atoms with Crippen molar-refractivity contribution in [1.29, 1.82) is 0 Å². The fourth-order valence-electron chi connectivity index (χ4n) is 2.45. The first-order chi connectivity index (χ1) is 10.2. The number of guanidine groups is 1. The maximum atomic E-state index is 6.00. The SMILES string of the molecule is CCN(CC)C(N)=NCc1ccc(N2CCSCC2)cc1.I.